The summed E-state index contributed by atoms with van der Waals surface area (Å²) in [6.45, 7) is 2.84. The Hall–Kier alpha value is -1.17. The Morgan fingerprint density at radius 2 is 2.11 bits per heavy atom. The van der Waals surface area contributed by atoms with Crippen molar-refractivity contribution in [2.24, 2.45) is 0 Å². The standard InChI is InChI=1S/C13H20FNO3/c1-10(17)13-11(14)4-3-5-12(13)15(6-8-16)7-9-18-2/h3-5,10,16-17H,6-9H2,1-2H3. The molecule has 1 atom stereocenters. The molecule has 0 aliphatic rings. The van der Waals surface area contributed by atoms with Gasteiger partial charge in [0.05, 0.1) is 19.3 Å². The number of hydrogen-bond acceptors (Lipinski definition) is 4. The van der Waals surface area contributed by atoms with E-state index in [0.29, 0.717) is 25.4 Å². The van der Waals surface area contributed by atoms with Gasteiger partial charge in [-0.25, -0.2) is 4.39 Å². The van der Waals surface area contributed by atoms with Crippen LogP contribution in [-0.4, -0.2) is 43.6 Å². The average molecular weight is 257 g/mol. The zero-order valence-corrected chi connectivity index (χ0v) is 10.8. The summed E-state index contributed by atoms with van der Waals surface area (Å²) >= 11 is 0. The summed E-state index contributed by atoms with van der Waals surface area (Å²) in [5.41, 5.74) is 0.846. The van der Waals surface area contributed by atoms with Gasteiger partial charge in [0.25, 0.3) is 0 Å². The summed E-state index contributed by atoms with van der Waals surface area (Å²) in [6, 6.07) is 4.64. The van der Waals surface area contributed by atoms with E-state index in [1.165, 1.54) is 13.0 Å². The molecule has 0 fully saturated rings. The molecule has 0 spiro atoms. The maximum absolute atomic E-state index is 13.7. The molecule has 0 radical (unpaired) electrons. The van der Waals surface area contributed by atoms with Crippen molar-refractivity contribution < 1.29 is 19.3 Å². The molecule has 0 amide bonds. The van der Waals surface area contributed by atoms with Gasteiger partial charge in [0.1, 0.15) is 5.82 Å². The van der Waals surface area contributed by atoms with Crippen molar-refractivity contribution in [1.82, 2.24) is 0 Å². The number of methoxy groups -OCH3 is 1. The molecule has 4 nitrogen and oxygen atoms in total. The minimum Gasteiger partial charge on any atom is -0.395 e. The van der Waals surface area contributed by atoms with E-state index in [2.05, 4.69) is 0 Å². The van der Waals surface area contributed by atoms with Crippen molar-refractivity contribution in [3.8, 4) is 0 Å². The lowest BCUT2D eigenvalue weighted by molar-refractivity contribution is 0.192. The smallest absolute Gasteiger partial charge is 0.131 e. The molecule has 5 heteroatoms. The van der Waals surface area contributed by atoms with Crippen LogP contribution in [0.3, 0.4) is 0 Å². The SMILES string of the molecule is COCCN(CCO)c1cccc(F)c1C(C)O. The van der Waals surface area contributed by atoms with Crippen LogP contribution < -0.4 is 4.90 Å². The number of benzene rings is 1. The highest BCUT2D eigenvalue weighted by Gasteiger charge is 2.17. The quantitative estimate of drug-likeness (QED) is 0.773. The van der Waals surface area contributed by atoms with E-state index >= 15 is 0 Å². The summed E-state index contributed by atoms with van der Waals surface area (Å²) < 4.78 is 18.7. The van der Waals surface area contributed by atoms with E-state index in [-0.39, 0.29) is 12.2 Å². The van der Waals surface area contributed by atoms with Crippen molar-refractivity contribution >= 4 is 5.69 Å². The van der Waals surface area contributed by atoms with Crippen LogP contribution in [0.5, 0.6) is 0 Å². The Labute approximate surface area is 107 Å². The topological polar surface area (TPSA) is 52.9 Å². The second kappa shape index (κ2) is 7.31. The lowest BCUT2D eigenvalue weighted by Gasteiger charge is -2.27. The van der Waals surface area contributed by atoms with E-state index in [0.717, 1.165) is 0 Å². The van der Waals surface area contributed by atoms with E-state index in [9.17, 15) is 9.50 Å². The second-order valence-electron chi connectivity index (χ2n) is 4.05. The number of anilines is 1. The van der Waals surface area contributed by atoms with Gasteiger partial charge >= 0.3 is 0 Å². The fourth-order valence-corrected chi connectivity index (χ4v) is 1.89. The number of halogens is 1. The minimum atomic E-state index is -0.898. The maximum Gasteiger partial charge on any atom is 0.131 e. The average Bonchev–Trinajstić information content (AvgIpc) is 2.33. The lowest BCUT2D eigenvalue weighted by Crippen LogP contribution is -2.31. The zero-order valence-electron chi connectivity index (χ0n) is 10.8. The Kier molecular flexibility index (Phi) is 6.04. The number of ether oxygens (including phenoxy) is 1. The molecule has 0 heterocycles. The van der Waals surface area contributed by atoms with Gasteiger partial charge in [0.2, 0.25) is 0 Å². The second-order valence-corrected chi connectivity index (χ2v) is 4.05. The summed E-state index contributed by atoms with van der Waals surface area (Å²) in [4.78, 5) is 1.80. The molecule has 0 aromatic heterocycles. The highest BCUT2D eigenvalue weighted by atomic mass is 19.1. The van der Waals surface area contributed by atoms with Crippen LogP contribution in [0.15, 0.2) is 18.2 Å². The molecule has 0 aliphatic carbocycles. The zero-order chi connectivity index (χ0) is 13.5. The molecular weight excluding hydrogens is 237 g/mol. The lowest BCUT2D eigenvalue weighted by atomic mass is 10.1. The molecular formula is C13H20FNO3. The number of rotatable bonds is 7. The van der Waals surface area contributed by atoms with Gasteiger partial charge in [-0.2, -0.15) is 0 Å². The molecule has 1 rings (SSSR count). The molecule has 0 aliphatic heterocycles. The molecule has 0 saturated heterocycles. The number of aliphatic hydroxyl groups is 2. The van der Waals surface area contributed by atoms with Gasteiger partial charge in [-0.15, -0.1) is 0 Å². The van der Waals surface area contributed by atoms with E-state index in [1.54, 1.807) is 24.1 Å². The highest BCUT2D eigenvalue weighted by Crippen LogP contribution is 2.28. The van der Waals surface area contributed by atoms with Gasteiger partial charge < -0.3 is 19.8 Å². The Morgan fingerprint density at radius 3 is 2.67 bits per heavy atom. The van der Waals surface area contributed by atoms with Crippen molar-refractivity contribution in [1.29, 1.82) is 0 Å². The van der Waals surface area contributed by atoms with Crippen LogP contribution in [0, 0.1) is 5.82 Å². The van der Waals surface area contributed by atoms with E-state index < -0.39 is 11.9 Å². The van der Waals surface area contributed by atoms with Crippen LogP contribution >= 0.6 is 0 Å². The van der Waals surface area contributed by atoms with Gasteiger partial charge in [-0.05, 0) is 19.1 Å². The first-order valence-electron chi connectivity index (χ1n) is 5.93. The summed E-state index contributed by atoms with van der Waals surface area (Å²) in [6.07, 6.45) is -0.898. The van der Waals surface area contributed by atoms with Crippen molar-refractivity contribution in [2.45, 2.75) is 13.0 Å². The van der Waals surface area contributed by atoms with Crippen molar-refractivity contribution in [3.63, 3.8) is 0 Å². The highest BCUT2D eigenvalue weighted by molar-refractivity contribution is 5.55. The van der Waals surface area contributed by atoms with Crippen LogP contribution in [0.1, 0.15) is 18.6 Å². The third kappa shape index (κ3) is 3.66. The van der Waals surface area contributed by atoms with Gasteiger partial charge in [0.15, 0.2) is 0 Å². The molecule has 18 heavy (non-hydrogen) atoms. The Morgan fingerprint density at radius 1 is 1.39 bits per heavy atom. The number of aliphatic hydroxyl groups excluding tert-OH is 2. The minimum absolute atomic E-state index is 0.0422. The Balaban J connectivity index is 3.06. The van der Waals surface area contributed by atoms with Crippen LogP contribution in [0.4, 0.5) is 10.1 Å². The summed E-state index contributed by atoms with van der Waals surface area (Å²) in [5, 5.41) is 18.7. The third-order valence-corrected chi connectivity index (χ3v) is 2.72. The fraction of sp³-hybridized carbons (Fsp3) is 0.538. The van der Waals surface area contributed by atoms with Crippen molar-refractivity contribution in [3.05, 3.63) is 29.6 Å². The third-order valence-electron chi connectivity index (χ3n) is 2.72. The molecule has 1 aromatic rings. The first-order chi connectivity index (χ1) is 8.61. The van der Waals surface area contributed by atoms with Crippen LogP contribution in [0.25, 0.3) is 0 Å². The van der Waals surface area contributed by atoms with Gasteiger partial charge in [0, 0.05) is 31.5 Å². The van der Waals surface area contributed by atoms with E-state index in [4.69, 9.17) is 9.84 Å². The monoisotopic (exact) mass is 257 g/mol. The predicted octanol–water partition coefficient (Wildman–Crippen LogP) is 1.32. The molecule has 102 valence electrons. The van der Waals surface area contributed by atoms with Crippen molar-refractivity contribution in [2.75, 3.05) is 38.3 Å². The maximum atomic E-state index is 13.7. The first-order valence-corrected chi connectivity index (χ1v) is 5.93. The molecule has 2 N–H and O–H groups in total. The molecule has 1 unspecified atom stereocenters. The normalized spacial score (nSPS) is 12.5. The van der Waals surface area contributed by atoms with Gasteiger partial charge in [-0.3, -0.25) is 0 Å². The number of hydrogen-bond donors (Lipinski definition) is 2. The number of nitrogens with zero attached hydrogens (tertiary/aromatic N) is 1. The first kappa shape index (κ1) is 14.9. The predicted molar refractivity (Wildman–Crippen MR) is 68.2 cm³/mol. The Bertz CT molecular complexity index is 371. The fourth-order valence-electron chi connectivity index (χ4n) is 1.89. The summed E-state index contributed by atoms with van der Waals surface area (Å²) in [7, 11) is 1.58. The van der Waals surface area contributed by atoms with Crippen LogP contribution in [-0.2, 0) is 4.74 Å². The van der Waals surface area contributed by atoms with Gasteiger partial charge in [-0.1, -0.05) is 6.07 Å². The summed E-state index contributed by atoms with van der Waals surface area (Å²) in [5.74, 6) is -0.442. The largest absolute Gasteiger partial charge is 0.395 e. The van der Waals surface area contributed by atoms with Crippen LogP contribution in [0.2, 0.25) is 0 Å². The molecule has 1 aromatic carbocycles. The molecule has 0 bridgehead atoms. The molecule has 0 saturated carbocycles. The van der Waals surface area contributed by atoms with E-state index in [1.807, 2.05) is 0 Å².